The molecule has 1 aliphatic carbocycles. The quantitative estimate of drug-likeness (QED) is 0.546. The number of anilines is 1. The van der Waals surface area contributed by atoms with E-state index in [2.05, 4.69) is 22.7 Å². The van der Waals surface area contributed by atoms with E-state index in [1.807, 2.05) is 37.1 Å². The highest BCUT2D eigenvalue weighted by Gasteiger charge is 2.34. The number of aryl methyl sites for hydroxylation is 2. The standard InChI is InChI=1S/C27H35N5O4/c1-16(13-18-14-28-30(3)15-18)25-29-24-21-10-5-17(2)31(27(35)36-4)22(21)11-12-23(24)32(25)20-8-6-19(7-9-20)26(33)34/h11-12,14-17,19-20H,5-10,13H2,1-4H3,(H,33,34)/t16-,17+,19?,20?/m1/s1. The van der Waals surface area contributed by atoms with Crippen molar-refractivity contribution in [3.63, 3.8) is 0 Å². The molecule has 1 saturated carbocycles. The number of hydrogen-bond acceptors (Lipinski definition) is 5. The summed E-state index contributed by atoms with van der Waals surface area (Å²) < 4.78 is 9.28. The maximum atomic E-state index is 12.6. The van der Waals surface area contributed by atoms with Gasteiger partial charge in [0.1, 0.15) is 5.82 Å². The number of hydrogen-bond donors (Lipinski definition) is 1. The summed E-state index contributed by atoms with van der Waals surface area (Å²) in [6, 6.07) is 4.37. The molecule has 2 atom stereocenters. The van der Waals surface area contributed by atoms with Crippen molar-refractivity contribution in [2.24, 2.45) is 13.0 Å². The molecule has 3 heterocycles. The molecule has 1 amide bonds. The first-order valence-electron chi connectivity index (χ1n) is 12.9. The van der Waals surface area contributed by atoms with Crippen LogP contribution in [0.15, 0.2) is 24.5 Å². The number of nitrogens with zero attached hydrogens (tertiary/aromatic N) is 5. The molecule has 0 radical (unpaired) electrons. The zero-order chi connectivity index (χ0) is 25.6. The van der Waals surface area contributed by atoms with E-state index >= 15 is 0 Å². The van der Waals surface area contributed by atoms with Crippen molar-refractivity contribution < 1.29 is 19.4 Å². The molecule has 0 bridgehead atoms. The highest BCUT2D eigenvalue weighted by molar-refractivity contribution is 5.95. The molecule has 2 aromatic heterocycles. The number of rotatable bonds is 5. The Kier molecular flexibility index (Phi) is 6.49. The molecular formula is C27H35N5O4. The zero-order valence-electron chi connectivity index (χ0n) is 21.5. The number of amides is 1. The highest BCUT2D eigenvalue weighted by atomic mass is 16.5. The Morgan fingerprint density at radius 3 is 2.58 bits per heavy atom. The molecule has 36 heavy (non-hydrogen) atoms. The van der Waals surface area contributed by atoms with Crippen LogP contribution in [0.5, 0.6) is 0 Å². The molecule has 1 aromatic carbocycles. The van der Waals surface area contributed by atoms with Gasteiger partial charge in [0.2, 0.25) is 0 Å². The van der Waals surface area contributed by atoms with Crippen LogP contribution < -0.4 is 4.90 Å². The molecule has 0 spiro atoms. The van der Waals surface area contributed by atoms with Crippen LogP contribution >= 0.6 is 0 Å². The molecule has 9 nitrogen and oxygen atoms in total. The van der Waals surface area contributed by atoms with Crippen molar-refractivity contribution in [1.82, 2.24) is 19.3 Å². The SMILES string of the molecule is COC(=O)N1c2ccc3c(nc([C@H](C)Cc4cnn(C)c4)n3C3CCC(C(=O)O)CC3)c2CC[C@@H]1C. The second-order valence-electron chi connectivity index (χ2n) is 10.5. The fourth-order valence-corrected chi connectivity index (χ4v) is 6.13. The summed E-state index contributed by atoms with van der Waals surface area (Å²) in [6.45, 7) is 4.24. The molecule has 1 fully saturated rings. The Morgan fingerprint density at radius 2 is 1.94 bits per heavy atom. The maximum Gasteiger partial charge on any atom is 0.414 e. The van der Waals surface area contributed by atoms with E-state index in [0.717, 1.165) is 65.8 Å². The number of carbonyl (C=O) groups excluding carboxylic acids is 1. The van der Waals surface area contributed by atoms with E-state index in [1.54, 1.807) is 4.90 Å². The zero-order valence-corrected chi connectivity index (χ0v) is 21.5. The second-order valence-corrected chi connectivity index (χ2v) is 10.5. The molecule has 1 N–H and O–H groups in total. The number of carboxylic acid groups (broad SMARTS) is 1. The van der Waals surface area contributed by atoms with Gasteiger partial charge in [-0.05, 0) is 69.6 Å². The van der Waals surface area contributed by atoms with Gasteiger partial charge in [-0.15, -0.1) is 0 Å². The van der Waals surface area contributed by atoms with Gasteiger partial charge in [0.25, 0.3) is 0 Å². The average molecular weight is 494 g/mol. The number of methoxy groups -OCH3 is 1. The van der Waals surface area contributed by atoms with E-state index in [4.69, 9.17) is 9.72 Å². The summed E-state index contributed by atoms with van der Waals surface area (Å²) in [5.74, 6) is 0.202. The topological polar surface area (TPSA) is 102 Å². The summed E-state index contributed by atoms with van der Waals surface area (Å²) in [4.78, 5) is 31.2. The lowest BCUT2D eigenvalue weighted by Crippen LogP contribution is -2.42. The lowest BCUT2D eigenvalue weighted by molar-refractivity contribution is -0.143. The minimum Gasteiger partial charge on any atom is -0.481 e. The van der Waals surface area contributed by atoms with Gasteiger partial charge in [-0.25, -0.2) is 9.78 Å². The van der Waals surface area contributed by atoms with E-state index in [9.17, 15) is 14.7 Å². The minimum absolute atomic E-state index is 0.0553. The number of fused-ring (bicyclic) bond motifs is 3. The number of aromatic nitrogens is 4. The van der Waals surface area contributed by atoms with Crippen LogP contribution in [-0.2, 0) is 29.4 Å². The summed E-state index contributed by atoms with van der Waals surface area (Å²) >= 11 is 0. The second kappa shape index (κ2) is 9.59. The number of carbonyl (C=O) groups is 2. The fourth-order valence-electron chi connectivity index (χ4n) is 6.13. The Morgan fingerprint density at radius 1 is 1.19 bits per heavy atom. The molecule has 9 heteroatoms. The summed E-state index contributed by atoms with van der Waals surface area (Å²) in [5, 5.41) is 13.8. The summed E-state index contributed by atoms with van der Waals surface area (Å²) in [7, 11) is 3.34. The van der Waals surface area contributed by atoms with Gasteiger partial charge in [-0.2, -0.15) is 5.10 Å². The van der Waals surface area contributed by atoms with Gasteiger partial charge in [-0.3, -0.25) is 14.4 Å². The Balaban J connectivity index is 1.60. The van der Waals surface area contributed by atoms with Crippen molar-refractivity contribution in [3.05, 3.63) is 41.5 Å². The molecule has 3 aromatic rings. The summed E-state index contributed by atoms with van der Waals surface area (Å²) in [5.41, 5.74) is 5.13. The van der Waals surface area contributed by atoms with Crippen molar-refractivity contribution in [2.75, 3.05) is 12.0 Å². The number of aliphatic carboxylic acids is 1. The van der Waals surface area contributed by atoms with Crippen LogP contribution in [0, 0.1) is 5.92 Å². The monoisotopic (exact) mass is 493 g/mol. The van der Waals surface area contributed by atoms with Crippen LogP contribution in [0.3, 0.4) is 0 Å². The van der Waals surface area contributed by atoms with Crippen molar-refractivity contribution in [1.29, 1.82) is 0 Å². The minimum atomic E-state index is -0.694. The van der Waals surface area contributed by atoms with Crippen LogP contribution in [0.2, 0.25) is 0 Å². The van der Waals surface area contributed by atoms with Gasteiger partial charge in [0.05, 0.1) is 35.9 Å². The molecule has 5 rings (SSSR count). The van der Waals surface area contributed by atoms with Crippen molar-refractivity contribution in [3.8, 4) is 0 Å². The molecule has 0 unspecified atom stereocenters. The average Bonchev–Trinajstić information content (AvgIpc) is 3.46. The first-order valence-corrected chi connectivity index (χ1v) is 12.9. The normalized spacial score (nSPS) is 22.9. The largest absolute Gasteiger partial charge is 0.481 e. The van der Waals surface area contributed by atoms with Crippen molar-refractivity contribution in [2.45, 2.75) is 76.8 Å². The van der Waals surface area contributed by atoms with E-state index in [1.165, 1.54) is 7.11 Å². The van der Waals surface area contributed by atoms with Gasteiger partial charge in [0, 0.05) is 36.8 Å². The Hall–Kier alpha value is -3.36. The van der Waals surface area contributed by atoms with Gasteiger partial charge < -0.3 is 14.4 Å². The van der Waals surface area contributed by atoms with Gasteiger partial charge in [0.15, 0.2) is 0 Å². The molecule has 192 valence electrons. The molecule has 0 saturated heterocycles. The predicted octanol–water partition coefficient (Wildman–Crippen LogP) is 4.84. The van der Waals surface area contributed by atoms with Crippen LogP contribution in [-0.4, -0.2) is 49.7 Å². The third kappa shape index (κ3) is 4.24. The lowest BCUT2D eigenvalue weighted by Gasteiger charge is -2.34. The maximum absolute atomic E-state index is 12.6. The highest BCUT2D eigenvalue weighted by Crippen LogP contribution is 2.41. The molecule has 2 aliphatic rings. The molecular weight excluding hydrogens is 458 g/mol. The summed E-state index contributed by atoms with van der Waals surface area (Å²) in [6.07, 6.45) is 9.09. The number of benzene rings is 1. The number of carboxylic acids is 1. The van der Waals surface area contributed by atoms with Crippen LogP contribution in [0.25, 0.3) is 11.0 Å². The van der Waals surface area contributed by atoms with Gasteiger partial charge >= 0.3 is 12.1 Å². The van der Waals surface area contributed by atoms with E-state index in [0.29, 0.717) is 12.8 Å². The number of ether oxygens (including phenoxy) is 1. The third-order valence-electron chi connectivity index (χ3n) is 8.01. The van der Waals surface area contributed by atoms with Crippen LogP contribution in [0.1, 0.15) is 74.9 Å². The first kappa shape index (κ1) is 24.3. The van der Waals surface area contributed by atoms with Gasteiger partial charge in [-0.1, -0.05) is 6.92 Å². The first-order chi connectivity index (χ1) is 17.3. The smallest absolute Gasteiger partial charge is 0.414 e. The third-order valence-corrected chi connectivity index (χ3v) is 8.01. The fraction of sp³-hybridized carbons (Fsp3) is 0.556. The predicted molar refractivity (Wildman–Crippen MR) is 136 cm³/mol. The Bertz CT molecular complexity index is 1290. The van der Waals surface area contributed by atoms with E-state index in [-0.39, 0.29) is 30.0 Å². The Labute approximate surface area is 211 Å². The van der Waals surface area contributed by atoms with E-state index < -0.39 is 5.97 Å². The van der Waals surface area contributed by atoms with Crippen LogP contribution in [0.4, 0.5) is 10.5 Å². The molecule has 1 aliphatic heterocycles. The lowest BCUT2D eigenvalue weighted by atomic mass is 9.85. The van der Waals surface area contributed by atoms with Crippen molar-refractivity contribution >= 4 is 28.8 Å². The number of imidazole rings is 1.